The molecule has 216 valence electrons. The minimum atomic E-state index is -0.573. The molecule has 0 spiro atoms. The number of ether oxygens (including phenoxy) is 1. The van der Waals surface area contributed by atoms with Gasteiger partial charge >= 0.3 is 0 Å². The molecule has 1 aromatic heterocycles. The number of rotatable bonds is 9. The summed E-state index contributed by atoms with van der Waals surface area (Å²) in [5.41, 5.74) is 6.50. The summed E-state index contributed by atoms with van der Waals surface area (Å²) in [6.45, 7) is 0.569. The van der Waals surface area contributed by atoms with Crippen molar-refractivity contribution in [2.24, 2.45) is 5.73 Å². The Balaban J connectivity index is 0.000000699. The van der Waals surface area contributed by atoms with Crippen LogP contribution in [-0.4, -0.2) is 47.6 Å². The smallest absolute Gasteiger partial charge is 0.251 e. The van der Waals surface area contributed by atoms with Crippen molar-refractivity contribution in [1.29, 1.82) is 5.41 Å². The Morgan fingerprint density at radius 1 is 0.902 bits per heavy atom. The van der Waals surface area contributed by atoms with Crippen LogP contribution in [0.4, 0.5) is 0 Å². The minimum Gasteiger partial charge on any atom is -0.457 e. The van der Waals surface area contributed by atoms with E-state index in [4.69, 9.17) is 15.9 Å². The van der Waals surface area contributed by atoms with Crippen molar-refractivity contribution in [3.05, 3.63) is 82.0 Å². The van der Waals surface area contributed by atoms with Crippen molar-refractivity contribution < 1.29 is 19.1 Å². The second-order valence-corrected chi connectivity index (χ2v) is 11.1. The van der Waals surface area contributed by atoms with E-state index in [-0.39, 0.29) is 30.1 Å². The molecule has 1 aliphatic carbocycles. The molecule has 1 saturated carbocycles. The lowest BCUT2D eigenvalue weighted by Gasteiger charge is -2.24. The number of amides is 3. The third-order valence-electron chi connectivity index (χ3n) is 7.02. The summed E-state index contributed by atoms with van der Waals surface area (Å²) in [6.07, 6.45) is 8.78. The van der Waals surface area contributed by atoms with Gasteiger partial charge in [-0.05, 0) is 55.3 Å². The summed E-state index contributed by atoms with van der Waals surface area (Å²) >= 11 is 1.41. The number of hydrogen-bond donors (Lipinski definition) is 4. The molecule has 2 aliphatic rings. The maximum Gasteiger partial charge on any atom is 0.251 e. The van der Waals surface area contributed by atoms with Crippen molar-refractivity contribution >= 4 is 34.9 Å². The van der Waals surface area contributed by atoms with E-state index in [0.717, 1.165) is 4.88 Å². The summed E-state index contributed by atoms with van der Waals surface area (Å²) in [5.74, 6) is 0.350. The predicted molar refractivity (Wildman–Crippen MR) is 160 cm³/mol. The Kier molecular flexibility index (Phi) is 10.9. The molecular weight excluding hydrogens is 538 g/mol. The number of nitrogens with two attached hydrogens (primary N) is 1. The number of thiophene rings is 1. The van der Waals surface area contributed by atoms with Gasteiger partial charge in [-0.3, -0.25) is 19.8 Å². The first-order valence-electron chi connectivity index (χ1n) is 14.0. The number of carbonyl (C=O) groups is 3. The molecule has 3 aromatic rings. The molecule has 41 heavy (non-hydrogen) atoms. The van der Waals surface area contributed by atoms with Gasteiger partial charge in [0.15, 0.2) is 0 Å². The molecule has 5 N–H and O–H groups in total. The molecule has 0 radical (unpaired) electrons. The van der Waals surface area contributed by atoms with Gasteiger partial charge < -0.3 is 26.0 Å². The van der Waals surface area contributed by atoms with Crippen LogP contribution >= 0.6 is 11.3 Å². The fourth-order valence-electron chi connectivity index (χ4n) is 4.79. The van der Waals surface area contributed by atoms with Crippen LogP contribution in [0.25, 0.3) is 0 Å². The third-order valence-corrected chi connectivity index (χ3v) is 7.96. The zero-order valence-electron chi connectivity index (χ0n) is 23.1. The van der Waals surface area contributed by atoms with E-state index in [1.165, 1.54) is 48.3 Å². The van der Waals surface area contributed by atoms with Crippen LogP contribution in [0.1, 0.15) is 65.7 Å². The van der Waals surface area contributed by atoms with E-state index in [1.807, 2.05) is 30.3 Å². The standard InChI is InChI=1S/C26H27N5O4S.C5H10/c27-24(28)18-13-21(36-16-18)14-29-26(34)22-7-4-12-31(22)23(32)15-30-25(33)17-8-10-20(11-9-17)35-19-5-2-1-3-6-19;1-2-4-5-3-1/h1-3,5-6,8-11,13,16,22H,4,7,12,14-15H2,(H3,27,28)(H,29,34)(H,30,33);1-5H2. The molecule has 10 heteroatoms. The Morgan fingerprint density at radius 3 is 2.20 bits per heavy atom. The number of nitrogen functional groups attached to an aromatic ring is 1. The summed E-state index contributed by atoms with van der Waals surface area (Å²) in [7, 11) is 0. The lowest BCUT2D eigenvalue weighted by molar-refractivity contribution is -0.137. The monoisotopic (exact) mass is 575 g/mol. The summed E-state index contributed by atoms with van der Waals surface area (Å²) in [6, 6.07) is 17.2. The number of hydrogen-bond acceptors (Lipinski definition) is 6. The highest BCUT2D eigenvalue weighted by atomic mass is 32.1. The van der Waals surface area contributed by atoms with E-state index >= 15 is 0 Å². The average molecular weight is 576 g/mol. The predicted octanol–water partition coefficient (Wildman–Crippen LogP) is 4.81. The summed E-state index contributed by atoms with van der Waals surface area (Å²) in [4.78, 5) is 40.4. The van der Waals surface area contributed by atoms with Gasteiger partial charge in [0.25, 0.3) is 5.91 Å². The topological polar surface area (TPSA) is 138 Å². The van der Waals surface area contributed by atoms with Crippen molar-refractivity contribution in [3.8, 4) is 11.5 Å². The fourth-order valence-corrected chi connectivity index (χ4v) is 5.61. The summed E-state index contributed by atoms with van der Waals surface area (Å²) < 4.78 is 5.73. The lowest BCUT2D eigenvalue weighted by Crippen LogP contribution is -2.48. The van der Waals surface area contributed by atoms with E-state index in [9.17, 15) is 14.4 Å². The van der Waals surface area contributed by atoms with Crippen LogP contribution in [0.5, 0.6) is 11.5 Å². The summed E-state index contributed by atoms with van der Waals surface area (Å²) in [5, 5.41) is 14.7. The first-order chi connectivity index (χ1) is 19.9. The molecule has 2 fully saturated rings. The van der Waals surface area contributed by atoms with Gasteiger partial charge in [0.1, 0.15) is 23.4 Å². The Labute approximate surface area is 244 Å². The highest BCUT2D eigenvalue weighted by Crippen LogP contribution is 2.22. The van der Waals surface area contributed by atoms with Crippen molar-refractivity contribution in [3.63, 3.8) is 0 Å². The van der Waals surface area contributed by atoms with Crippen molar-refractivity contribution in [1.82, 2.24) is 15.5 Å². The van der Waals surface area contributed by atoms with Crippen LogP contribution in [0, 0.1) is 5.41 Å². The maximum absolute atomic E-state index is 12.8. The van der Waals surface area contributed by atoms with E-state index in [1.54, 1.807) is 35.7 Å². The van der Waals surface area contributed by atoms with Crippen LogP contribution in [0.15, 0.2) is 66.0 Å². The Hall–Kier alpha value is -4.18. The highest BCUT2D eigenvalue weighted by Gasteiger charge is 2.33. The third kappa shape index (κ3) is 8.91. The van der Waals surface area contributed by atoms with E-state index in [0.29, 0.717) is 48.6 Å². The molecule has 3 amide bonds. The second-order valence-electron chi connectivity index (χ2n) is 10.1. The van der Waals surface area contributed by atoms with Gasteiger partial charge in [-0.1, -0.05) is 50.3 Å². The number of nitrogens with zero attached hydrogens (tertiary/aromatic N) is 1. The molecule has 1 aliphatic heterocycles. The number of para-hydroxylation sites is 1. The normalized spacial score (nSPS) is 15.9. The van der Waals surface area contributed by atoms with E-state index < -0.39 is 6.04 Å². The molecule has 0 bridgehead atoms. The molecule has 1 unspecified atom stereocenters. The Morgan fingerprint density at radius 2 is 1.56 bits per heavy atom. The largest absolute Gasteiger partial charge is 0.457 e. The fraction of sp³-hybridized carbons (Fsp3) is 0.355. The first-order valence-corrected chi connectivity index (χ1v) is 14.9. The van der Waals surface area contributed by atoms with Crippen LogP contribution in [0.2, 0.25) is 0 Å². The quantitative estimate of drug-likeness (QED) is 0.214. The molecule has 1 atom stereocenters. The number of amidine groups is 1. The van der Waals surface area contributed by atoms with Crippen LogP contribution in [0.3, 0.4) is 0 Å². The number of nitrogens with one attached hydrogen (secondary N) is 3. The van der Waals surface area contributed by atoms with Crippen molar-refractivity contribution in [2.75, 3.05) is 13.1 Å². The van der Waals surface area contributed by atoms with Gasteiger partial charge in [-0.2, -0.15) is 0 Å². The zero-order valence-corrected chi connectivity index (χ0v) is 23.9. The molecule has 1 saturated heterocycles. The minimum absolute atomic E-state index is 0.0186. The Bertz CT molecular complexity index is 1310. The van der Waals surface area contributed by atoms with E-state index in [2.05, 4.69) is 10.6 Å². The highest BCUT2D eigenvalue weighted by molar-refractivity contribution is 7.10. The van der Waals surface area contributed by atoms with Gasteiger partial charge in [0.05, 0.1) is 13.1 Å². The zero-order chi connectivity index (χ0) is 29.0. The van der Waals surface area contributed by atoms with Crippen molar-refractivity contribution in [2.45, 2.75) is 57.5 Å². The molecule has 5 rings (SSSR count). The molecular formula is C31H37N5O4S. The average Bonchev–Trinajstić information content (AvgIpc) is 3.79. The van der Waals surface area contributed by atoms with Crippen LogP contribution < -0.4 is 21.1 Å². The number of likely N-dealkylation sites (tertiary alicyclic amines) is 1. The molecule has 2 aromatic carbocycles. The molecule has 2 heterocycles. The van der Waals surface area contributed by atoms with Gasteiger partial charge in [-0.25, -0.2) is 0 Å². The van der Waals surface area contributed by atoms with Crippen LogP contribution in [-0.2, 0) is 16.1 Å². The van der Waals surface area contributed by atoms with Gasteiger partial charge in [-0.15, -0.1) is 11.3 Å². The number of benzene rings is 2. The maximum atomic E-state index is 12.8. The lowest BCUT2D eigenvalue weighted by atomic mass is 10.2. The number of carbonyl (C=O) groups excluding carboxylic acids is 3. The second kappa shape index (κ2) is 15.0. The van der Waals surface area contributed by atoms with Gasteiger partial charge in [0, 0.05) is 27.9 Å². The first kappa shape index (κ1) is 29.8. The SMILES string of the molecule is C1CCCC1.N=C(N)c1csc(CNC(=O)C2CCCN2C(=O)CNC(=O)c2ccc(Oc3ccccc3)cc2)c1. The van der Waals surface area contributed by atoms with Gasteiger partial charge in [0.2, 0.25) is 11.8 Å². The molecule has 9 nitrogen and oxygen atoms in total.